The van der Waals surface area contributed by atoms with Gasteiger partial charge in [0.2, 0.25) is 0 Å². The predicted octanol–water partition coefficient (Wildman–Crippen LogP) is 1.70. The van der Waals surface area contributed by atoms with E-state index >= 15 is 0 Å². The average Bonchev–Trinajstić information content (AvgIpc) is 2.17. The largest absolute Gasteiger partial charge is 0.389 e. The molecule has 15 heavy (non-hydrogen) atoms. The lowest BCUT2D eigenvalue weighted by molar-refractivity contribution is 0.0215. The number of nitrogens with zero attached hydrogens (tertiary/aromatic N) is 2. The van der Waals surface area contributed by atoms with Crippen LogP contribution in [0.4, 0.5) is 0 Å². The quantitative estimate of drug-likeness (QED) is 0.797. The molecule has 1 rings (SSSR count). The van der Waals surface area contributed by atoms with E-state index in [9.17, 15) is 10.2 Å². The summed E-state index contributed by atoms with van der Waals surface area (Å²) in [5.74, 6) is 0. The summed E-state index contributed by atoms with van der Waals surface area (Å²) in [7, 11) is 0. The number of nitriles is 1. The zero-order chi connectivity index (χ0) is 11.4. The van der Waals surface area contributed by atoms with Crippen molar-refractivity contribution in [2.75, 3.05) is 0 Å². The van der Waals surface area contributed by atoms with E-state index in [1.165, 1.54) is 12.3 Å². The van der Waals surface area contributed by atoms with Gasteiger partial charge in [-0.1, -0.05) is 23.2 Å². The van der Waals surface area contributed by atoms with Crippen LogP contribution in [0.2, 0.25) is 10.2 Å². The molecule has 80 valence electrons. The predicted molar refractivity (Wildman–Crippen MR) is 55.5 cm³/mol. The zero-order valence-electron chi connectivity index (χ0n) is 7.56. The van der Waals surface area contributed by atoms with Crippen LogP contribution in [0.15, 0.2) is 12.3 Å². The molecule has 1 aromatic heterocycles. The van der Waals surface area contributed by atoms with Gasteiger partial charge in [-0.3, -0.25) is 0 Å². The Morgan fingerprint density at radius 2 is 2.13 bits per heavy atom. The molecule has 0 aliphatic heterocycles. The van der Waals surface area contributed by atoms with Crippen LogP contribution in [0.25, 0.3) is 0 Å². The number of rotatable bonds is 3. The van der Waals surface area contributed by atoms with Crippen molar-refractivity contribution in [3.05, 3.63) is 28.0 Å². The lowest BCUT2D eigenvalue weighted by Gasteiger charge is -2.17. The highest BCUT2D eigenvalue weighted by molar-refractivity contribution is 6.35. The molecule has 0 radical (unpaired) electrons. The van der Waals surface area contributed by atoms with Crippen molar-refractivity contribution in [2.45, 2.75) is 18.6 Å². The van der Waals surface area contributed by atoms with Crippen LogP contribution >= 0.6 is 23.2 Å². The molecule has 0 spiro atoms. The van der Waals surface area contributed by atoms with Gasteiger partial charge in [0.05, 0.1) is 23.6 Å². The Hall–Kier alpha value is -0.860. The third-order valence-electron chi connectivity index (χ3n) is 1.85. The van der Waals surface area contributed by atoms with E-state index in [2.05, 4.69) is 4.98 Å². The van der Waals surface area contributed by atoms with Gasteiger partial charge in [0.15, 0.2) is 0 Å². The molecule has 1 aromatic rings. The molecule has 2 N–H and O–H groups in total. The summed E-state index contributed by atoms with van der Waals surface area (Å²) in [6.07, 6.45) is -1.35. The van der Waals surface area contributed by atoms with Gasteiger partial charge < -0.3 is 10.2 Å². The highest BCUT2D eigenvalue weighted by Crippen LogP contribution is 2.30. The van der Waals surface area contributed by atoms with Crippen molar-refractivity contribution >= 4 is 23.2 Å². The van der Waals surface area contributed by atoms with E-state index in [-0.39, 0.29) is 22.2 Å². The van der Waals surface area contributed by atoms with E-state index < -0.39 is 12.2 Å². The normalized spacial score (nSPS) is 14.3. The van der Waals surface area contributed by atoms with Gasteiger partial charge in [-0.2, -0.15) is 5.26 Å². The zero-order valence-corrected chi connectivity index (χ0v) is 9.07. The lowest BCUT2D eigenvalue weighted by Crippen LogP contribution is -2.18. The van der Waals surface area contributed by atoms with Crippen molar-refractivity contribution in [3.8, 4) is 6.07 Å². The molecule has 0 saturated heterocycles. The number of aromatic nitrogens is 1. The lowest BCUT2D eigenvalue weighted by atomic mass is 10.0. The summed E-state index contributed by atoms with van der Waals surface area (Å²) in [4.78, 5) is 3.73. The van der Waals surface area contributed by atoms with Gasteiger partial charge in [-0.05, 0) is 6.07 Å². The second kappa shape index (κ2) is 5.29. The smallest absolute Gasteiger partial charge is 0.136 e. The minimum atomic E-state index is -1.31. The Kier molecular flexibility index (Phi) is 4.30. The molecular formula is C9H8Cl2N2O2. The van der Waals surface area contributed by atoms with Crippen LogP contribution < -0.4 is 0 Å². The van der Waals surface area contributed by atoms with E-state index in [1.807, 2.05) is 0 Å². The Labute approximate surface area is 96.7 Å². The molecule has 0 aliphatic rings. The Bertz CT molecular complexity index is 372. The molecule has 0 aliphatic carbocycles. The number of hydrogen-bond donors (Lipinski definition) is 2. The highest BCUT2D eigenvalue weighted by Gasteiger charge is 2.23. The fraction of sp³-hybridized carbons (Fsp3) is 0.333. The van der Waals surface area contributed by atoms with Crippen LogP contribution in [0.5, 0.6) is 0 Å². The molecule has 6 heteroatoms. The molecule has 0 amide bonds. The molecule has 0 aromatic carbocycles. The van der Waals surface area contributed by atoms with Gasteiger partial charge in [-0.15, -0.1) is 0 Å². The van der Waals surface area contributed by atoms with E-state index in [0.29, 0.717) is 0 Å². The summed E-state index contributed by atoms with van der Waals surface area (Å²) >= 11 is 11.5. The fourth-order valence-corrected chi connectivity index (χ4v) is 1.66. The minimum Gasteiger partial charge on any atom is -0.389 e. The van der Waals surface area contributed by atoms with E-state index in [0.717, 1.165) is 0 Å². The first-order valence-corrected chi connectivity index (χ1v) is 4.86. The van der Waals surface area contributed by atoms with E-state index in [4.69, 9.17) is 28.5 Å². The van der Waals surface area contributed by atoms with Crippen LogP contribution in [0, 0.1) is 11.3 Å². The second-order valence-corrected chi connectivity index (χ2v) is 3.64. The first kappa shape index (κ1) is 12.2. The van der Waals surface area contributed by atoms with E-state index in [1.54, 1.807) is 6.07 Å². The van der Waals surface area contributed by atoms with Crippen molar-refractivity contribution in [3.63, 3.8) is 0 Å². The average molecular weight is 247 g/mol. The molecule has 4 nitrogen and oxygen atoms in total. The van der Waals surface area contributed by atoms with Gasteiger partial charge in [-0.25, -0.2) is 4.98 Å². The monoisotopic (exact) mass is 246 g/mol. The maximum Gasteiger partial charge on any atom is 0.136 e. The summed E-state index contributed by atoms with van der Waals surface area (Å²) in [6, 6.07) is 3.19. The number of hydrogen-bond acceptors (Lipinski definition) is 4. The molecular weight excluding hydrogens is 239 g/mol. The standard InChI is InChI=1S/C9H8Cl2N2O2/c10-5-2-4-13-9(11)7(5)8(15)6(14)1-3-12/h2,4,6,8,14-15H,1H2. The van der Waals surface area contributed by atoms with Gasteiger partial charge in [0.1, 0.15) is 11.3 Å². The third kappa shape index (κ3) is 2.80. The van der Waals surface area contributed by atoms with Gasteiger partial charge in [0, 0.05) is 11.8 Å². The molecule has 2 unspecified atom stereocenters. The number of aliphatic hydroxyl groups excluding tert-OH is 2. The number of halogens is 2. The van der Waals surface area contributed by atoms with Gasteiger partial charge >= 0.3 is 0 Å². The van der Waals surface area contributed by atoms with Crippen molar-refractivity contribution < 1.29 is 10.2 Å². The summed E-state index contributed by atoms with van der Waals surface area (Å²) in [5.41, 5.74) is 0.142. The van der Waals surface area contributed by atoms with Crippen molar-refractivity contribution in [1.82, 2.24) is 4.98 Å². The Morgan fingerprint density at radius 1 is 1.47 bits per heavy atom. The van der Waals surface area contributed by atoms with Crippen LogP contribution in [-0.2, 0) is 0 Å². The maximum atomic E-state index is 9.67. The van der Waals surface area contributed by atoms with Gasteiger partial charge in [0.25, 0.3) is 0 Å². The summed E-state index contributed by atoms with van der Waals surface area (Å²) < 4.78 is 0. The second-order valence-electron chi connectivity index (χ2n) is 2.87. The third-order valence-corrected chi connectivity index (χ3v) is 2.48. The number of pyridine rings is 1. The fourth-order valence-electron chi connectivity index (χ4n) is 1.09. The van der Waals surface area contributed by atoms with Crippen LogP contribution in [-0.4, -0.2) is 21.3 Å². The van der Waals surface area contributed by atoms with Crippen LogP contribution in [0.3, 0.4) is 0 Å². The van der Waals surface area contributed by atoms with Crippen LogP contribution in [0.1, 0.15) is 18.1 Å². The van der Waals surface area contributed by atoms with Crippen molar-refractivity contribution in [1.29, 1.82) is 5.26 Å². The topological polar surface area (TPSA) is 77.1 Å². The Balaban J connectivity index is 3.01. The summed E-state index contributed by atoms with van der Waals surface area (Å²) in [5, 5.41) is 27.7. The first-order chi connectivity index (χ1) is 7.07. The highest BCUT2D eigenvalue weighted by atomic mass is 35.5. The van der Waals surface area contributed by atoms with Crippen molar-refractivity contribution in [2.24, 2.45) is 0 Å². The Morgan fingerprint density at radius 3 is 2.67 bits per heavy atom. The SMILES string of the molecule is N#CCC(O)C(O)c1c(Cl)ccnc1Cl. The molecule has 1 heterocycles. The molecule has 2 atom stereocenters. The molecule has 0 bridgehead atoms. The maximum absolute atomic E-state index is 9.67. The first-order valence-electron chi connectivity index (χ1n) is 4.11. The summed E-state index contributed by atoms with van der Waals surface area (Å²) in [6.45, 7) is 0. The number of aliphatic hydroxyl groups is 2. The molecule has 0 saturated carbocycles. The minimum absolute atomic E-state index is 0.0204. The molecule has 0 fully saturated rings.